The molecular formula is C19H20Cl2N4O5S. The first-order valence-electron chi connectivity index (χ1n) is 9.35. The molecule has 0 spiro atoms. The summed E-state index contributed by atoms with van der Waals surface area (Å²) in [5, 5.41) is 13.9. The molecule has 31 heavy (non-hydrogen) atoms. The summed E-state index contributed by atoms with van der Waals surface area (Å²) in [5.41, 5.74) is -0.0432. The number of sulfonamides is 1. The summed E-state index contributed by atoms with van der Waals surface area (Å²) in [6.45, 7) is 2.74. The van der Waals surface area contributed by atoms with Crippen LogP contribution in [0.5, 0.6) is 0 Å². The van der Waals surface area contributed by atoms with Gasteiger partial charge in [-0.2, -0.15) is 4.31 Å². The number of piperazine rings is 1. The van der Waals surface area contributed by atoms with Gasteiger partial charge in [0.15, 0.2) is 0 Å². The third kappa shape index (κ3) is 5.16. The van der Waals surface area contributed by atoms with Crippen molar-refractivity contribution >= 4 is 50.5 Å². The Morgan fingerprint density at radius 3 is 2.35 bits per heavy atom. The highest BCUT2D eigenvalue weighted by molar-refractivity contribution is 7.89. The average molecular weight is 487 g/mol. The number of rotatable bonds is 6. The Hall–Kier alpha value is -2.24. The van der Waals surface area contributed by atoms with Crippen molar-refractivity contribution in [1.82, 2.24) is 9.21 Å². The number of benzene rings is 2. The third-order valence-electron chi connectivity index (χ3n) is 5.07. The molecule has 2 aromatic rings. The minimum absolute atomic E-state index is 0.0521. The number of nitro benzene ring substituents is 1. The van der Waals surface area contributed by atoms with Crippen LogP contribution in [0.25, 0.3) is 0 Å². The highest BCUT2D eigenvalue weighted by atomic mass is 35.5. The van der Waals surface area contributed by atoms with Crippen LogP contribution in [0.2, 0.25) is 10.0 Å². The van der Waals surface area contributed by atoms with E-state index in [2.05, 4.69) is 5.32 Å². The van der Waals surface area contributed by atoms with Crippen LogP contribution in [-0.4, -0.2) is 60.7 Å². The molecule has 2 aromatic carbocycles. The van der Waals surface area contributed by atoms with E-state index in [1.54, 1.807) is 19.1 Å². The average Bonchev–Trinajstić information content (AvgIpc) is 2.74. The van der Waals surface area contributed by atoms with E-state index in [1.807, 2.05) is 4.90 Å². The molecule has 0 radical (unpaired) electrons. The first kappa shape index (κ1) is 23.4. The molecule has 0 bridgehead atoms. The Kier molecular flexibility index (Phi) is 7.17. The van der Waals surface area contributed by atoms with Gasteiger partial charge in [0.05, 0.1) is 26.7 Å². The normalized spacial score (nSPS) is 16.6. The molecule has 0 saturated carbocycles. The zero-order chi connectivity index (χ0) is 22.8. The van der Waals surface area contributed by atoms with Gasteiger partial charge in [0.2, 0.25) is 15.9 Å². The number of nitrogens with zero attached hydrogens (tertiary/aromatic N) is 3. The number of nitro groups is 1. The van der Waals surface area contributed by atoms with Crippen LogP contribution in [0, 0.1) is 10.1 Å². The van der Waals surface area contributed by atoms with E-state index in [1.165, 1.54) is 34.6 Å². The molecule has 1 N–H and O–H groups in total. The quantitative estimate of drug-likeness (QED) is 0.495. The number of hydrogen-bond acceptors (Lipinski definition) is 6. The molecule has 1 aliphatic rings. The summed E-state index contributed by atoms with van der Waals surface area (Å²) in [6, 6.07) is 9.45. The molecule has 1 saturated heterocycles. The van der Waals surface area contributed by atoms with E-state index in [-0.39, 0.29) is 39.4 Å². The van der Waals surface area contributed by atoms with Gasteiger partial charge >= 0.3 is 0 Å². The fourth-order valence-corrected chi connectivity index (χ4v) is 5.33. The molecule has 1 heterocycles. The predicted octanol–water partition coefficient (Wildman–Crippen LogP) is 3.24. The maximum atomic E-state index is 12.9. The Morgan fingerprint density at radius 2 is 1.74 bits per heavy atom. The summed E-state index contributed by atoms with van der Waals surface area (Å²) >= 11 is 12.1. The van der Waals surface area contributed by atoms with E-state index in [4.69, 9.17) is 23.2 Å². The van der Waals surface area contributed by atoms with Gasteiger partial charge in [0.25, 0.3) is 5.69 Å². The topological polar surface area (TPSA) is 113 Å². The van der Waals surface area contributed by atoms with Crippen molar-refractivity contribution in [3.8, 4) is 0 Å². The minimum atomic E-state index is -3.74. The van der Waals surface area contributed by atoms with Crippen LogP contribution in [0.3, 0.4) is 0 Å². The maximum Gasteiger partial charge on any atom is 0.271 e. The molecule has 1 atom stereocenters. The Balaban J connectivity index is 1.64. The van der Waals surface area contributed by atoms with Gasteiger partial charge in [0.1, 0.15) is 4.90 Å². The lowest BCUT2D eigenvalue weighted by Gasteiger charge is -2.36. The summed E-state index contributed by atoms with van der Waals surface area (Å²) < 4.78 is 27.1. The Labute approximate surface area is 189 Å². The van der Waals surface area contributed by atoms with E-state index in [0.29, 0.717) is 13.1 Å². The smallest absolute Gasteiger partial charge is 0.271 e. The van der Waals surface area contributed by atoms with E-state index >= 15 is 0 Å². The van der Waals surface area contributed by atoms with Crippen LogP contribution >= 0.6 is 23.2 Å². The van der Waals surface area contributed by atoms with Crippen LogP contribution in [0.4, 0.5) is 11.4 Å². The fraction of sp³-hybridized carbons (Fsp3) is 0.316. The molecule has 166 valence electrons. The first-order valence-corrected chi connectivity index (χ1v) is 11.5. The second-order valence-electron chi connectivity index (χ2n) is 6.96. The number of carbonyl (C=O) groups excluding carboxylic acids is 1. The zero-order valence-corrected chi connectivity index (χ0v) is 18.8. The van der Waals surface area contributed by atoms with Crippen molar-refractivity contribution in [2.75, 3.05) is 31.5 Å². The number of non-ortho nitro benzene ring substituents is 1. The Bertz CT molecular complexity index is 1100. The van der Waals surface area contributed by atoms with Crippen LogP contribution < -0.4 is 5.32 Å². The summed E-state index contributed by atoms with van der Waals surface area (Å²) in [5.74, 6) is -0.398. The number of carbonyl (C=O) groups is 1. The van der Waals surface area contributed by atoms with Gasteiger partial charge in [-0.25, -0.2) is 8.42 Å². The SMILES string of the molecule is CC(C(=O)Nc1cc([N+](=O)[O-])ccc1Cl)N1CCN(S(=O)(=O)c2ccccc2Cl)CC1. The van der Waals surface area contributed by atoms with Crippen molar-refractivity contribution in [1.29, 1.82) is 0 Å². The van der Waals surface area contributed by atoms with Crippen LogP contribution in [-0.2, 0) is 14.8 Å². The Morgan fingerprint density at radius 1 is 1.10 bits per heavy atom. The number of hydrogen-bond donors (Lipinski definition) is 1. The van der Waals surface area contributed by atoms with Crippen LogP contribution in [0.15, 0.2) is 47.4 Å². The maximum absolute atomic E-state index is 12.9. The minimum Gasteiger partial charge on any atom is -0.323 e. The first-order chi connectivity index (χ1) is 14.6. The van der Waals surface area contributed by atoms with E-state index in [0.717, 1.165) is 0 Å². The van der Waals surface area contributed by atoms with E-state index < -0.39 is 26.9 Å². The largest absolute Gasteiger partial charge is 0.323 e. The van der Waals surface area contributed by atoms with Gasteiger partial charge in [0, 0.05) is 38.3 Å². The van der Waals surface area contributed by atoms with Gasteiger partial charge in [-0.15, -0.1) is 0 Å². The van der Waals surface area contributed by atoms with Gasteiger partial charge < -0.3 is 5.32 Å². The molecule has 9 nitrogen and oxygen atoms in total. The molecule has 1 fully saturated rings. The number of halogens is 2. The summed E-state index contributed by atoms with van der Waals surface area (Å²) in [7, 11) is -3.74. The zero-order valence-electron chi connectivity index (χ0n) is 16.5. The number of amides is 1. The molecule has 0 aliphatic carbocycles. The number of anilines is 1. The van der Waals surface area contributed by atoms with Crippen molar-refractivity contribution in [3.63, 3.8) is 0 Å². The number of nitrogens with one attached hydrogen (secondary N) is 1. The monoisotopic (exact) mass is 486 g/mol. The van der Waals surface area contributed by atoms with Gasteiger partial charge in [-0.1, -0.05) is 35.3 Å². The standard InChI is InChI=1S/C19H20Cl2N4O5S/c1-13(19(26)22-17-12-14(25(27)28)6-7-15(17)20)23-8-10-24(11-9-23)31(29,30)18-5-3-2-4-16(18)21/h2-7,12-13H,8-11H2,1H3,(H,22,26). The van der Waals surface area contributed by atoms with E-state index in [9.17, 15) is 23.3 Å². The lowest BCUT2D eigenvalue weighted by Crippen LogP contribution is -2.53. The highest BCUT2D eigenvalue weighted by Gasteiger charge is 2.33. The molecule has 3 rings (SSSR count). The summed E-state index contributed by atoms with van der Waals surface area (Å²) in [4.78, 5) is 24.9. The van der Waals surface area contributed by atoms with Gasteiger partial charge in [-0.3, -0.25) is 19.8 Å². The molecule has 0 aromatic heterocycles. The molecule has 1 amide bonds. The predicted molar refractivity (Wildman–Crippen MR) is 118 cm³/mol. The summed E-state index contributed by atoms with van der Waals surface area (Å²) in [6.07, 6.45) is 0. The van der Waals surface area contributed by atoms with Crippen molar-refractivity contribution in [2.24, 2.45) is 0 Å². The van der Waals surface area contributed by atoms with Crippen molar-refractivity contribution in [3.05, 3.63) is 62.6 Å². The fourth-order valence-electron chi connectivity index (χ4n) is 3.25. The van der Waals surface area contributed by atoms with Crippen LogP contribution in [0.1, 0.15) is 6.92 Å². The second kappa shape index (κ2) is 9.49. The van der Waals surface area contributed by atoms with Crippen molar-refractivity contribution in [2.45, 2.75) is 17.9 Å². The lowest BCUT2D eigenvalue weighted by molar-refractivity contribution is -0.384. The third-order valence-corrected chi connectivity index (χ3v) is 7.80. The van der Waals surface area contributed by atoms with Crippen molar-refractivity contribution < 1.29 is 18.1 Å². The molecule has 12 heteroatoms. The highest BCUT2D eigenvalue weighted by Crippen LogP contribution is 2.28. The van der Waals surface area contributed by atoms with Gasteiger partial charge in [-0.05, 0) is 25.1 Å². The molecule has 1 unspecified atom stereocenters. The molecular weight excluding hydrogens is 467 g/mol. The second-order valence-corrected chi connectivity index (χ2v) is 9.68. The lowest BCUT2D eigenvalue weighted by atomic mass is 10.2. The molecule has 1 aliphatic heterocycles.